The van der Waals surface area contributed by atoms with E-state index in [9.17, 15) is 4.79 Å². The Morgan fingerprint density at radius 2 is 2.12 bits per heavy atom. The van der Waals surface area contributed by atoms with Crippen molar-refractivity contribution in [1.29, 1.82) is 0 Å². The number of hydrogen-bond acceptors (Lipinski definition) is 4. The van der Waals surface area contributed by atoms with Crippen molar-refractivity contribution in [3.05, 3.63) is 41.6 Å². The fourth-order valence-corrected chi connectivity index (χ4v) is 3.63. The number of fused-ring (bicyclic) bond motifs is 1. The van der Waals surface area contributed by atoms with E-state index in [2.05, 4.69) is 30.9 Å². The Kier molecular flexibility index (Phi) is 3.96. The van der Waals surface area contributed by atoms with E-state index < -0.39 is 0 Å². The van der Waals surface area contributed by atoms with E-state index in [0.717, 1.165) is 49.8 Å². The van der Waals surface area contributed by atoms with E-state index in [0.29, 0.717) is 5.56 Å². The average molecular weight is 325 g/mol. The number of carbonyl (C=O) groups is 1. The number of rotatable bonds is 3. The van der Waals surface area contributed by atoms with Crippen molar-refractivity contribution in [3.63, 3.8) is 0 Å². The summed E-state index contributed by atoms with van der Waals surface area (Å²) in [6.45, 7) is 4.92. The monoisotopic (exact) mass is 325 g/mol. The Morgan fingerprint density at radius 3 is 2.88 bits per heavy atom. The normalized spacial score (nSPS) is 20.0. The fraction of sp³-hybridized carbons (Fsp3) is 0.500. The maximum Gasteiger partial charge on any atom is 0.253 e. The molecule has 0 unspecified atom stereocenters. The number of amides is 1. The van der Waals surface area contributed by atoms with Crippen molar-refractivity contribution in [2.75, 3.05) is 18.0 Å². The SMILES string of the molecule is Cc1cn2c(n1)CC[C@H](NC(=O)c1ccc(N3CCCC3)nc1)C2. The van der Waals surface area contributed by atoms with Crippen LogP contribution in [0, 0.1) is 6.92 Å². The minimum absolute atomic E-state index is 0.0410. The number of imidazole rings is 1. The quantitative estimate of drug-likeness (QED) is 0.937. The number of aromatic nitrogens is 3. The number of nitrogens with one attached hydrogen (secondary N) is 1. The first-order chi connectivity index (χ1) is 11.7. The van der Waals surface area contributed by atoms with Crippen molar-refractivity contribution in [2.24, 2.45) is 0 Å². The molecule has 126 valence electrons. The molecule has 0 saturated carbocycles. The van der Waals surface area contributed by atoms with Crippen LogP contribution in [0.4, 0.5) is 5.82 Å². The van der Waals surface area contributed by atoms with E-state index in [4.69, 9.17) is 0 Å². The molecule has 1 amide bonds. The Balaban J connectivity index is 1.39. The van der Waals surface area contributed by atoms with Crippen LogP contribution in [0.5, 0.6) is 0 Å². The van der Waals surface area contributed by atoms with Crippen molar-refractivity contribution in [1.82, 2.24) is 19.9 Å². The van der Waals surface area contributed by atoms with Crippen LogP contribution in [-0.4, -0.2) is 39.6 Å². The highest BCUT2D eigenvalue weighted by Gasteiger charge is 2.22. The van der Waals surface area contributed by atoms with Crippen molar-refractivity contribution < 1.29 is 4.79 Å². The second-order valence-electron chi connectivity index (χ2n) is 6.76. The second kappa shape index (κ2) is 6.26. The van der Waals surface area contributed by atoms with E-state index in [1.807, 2.05) is 19.1 Å². The van der Waals surface area contributed by atoms with Gasteiger partial charge in [-0.2, -0.15) is 0 Å². The minimum atomic E-state index is -0.0410. The van der Waals surface area contributed by atoms with Gasteiger partial charge in [0.1, 0.15) is 11.6 Å². The largest absolute Gasteiger partial charge is 0.357 e. The van der Waals surface area contributed by atoms with Crippen LogP contribution in [0.25, 0.3) is 0 Å². The highest BCUT2D eigenvalue weighted by molar-refractivity contribution is 5.94. The standard InChI is InChI=1S/C18H23N5O/c1-13-11-23-12-15(5-7-17(23)20-13)21-18(24)14-4-6-16(19-10-14)22-8-2-3-9-22/h4,6,10-11,15H,2-3,5,7-9,12H2,1H3,(H,21,24)/t15-/m0/s1. The summed E-state index contributed by atoms with van der Waals surface area (Å²) in [7, 11) is 0. The van der Waals surface area contributed by atoms with Crippen molar-refractivity contribution >= 4 is 11.7 Å². The molecule has 0 radical (unpaired) electrons. The van der Waals surface area contributed by atoms with Crippen molar-refractivity contribution in [3.8, 4) is 0 Å². The molecule has 1 atom stereocenters. The van der Waals surface area contributed by atoms with Gasteiger partial charge in [-0.15, -0.1) is 0 Å². The molecule has 2 aromatic heterocycles. The Bertz CT molecular complexity index is 730. The molecule has 24 heavy (non-hydrogen) atoms. The molecule has 2 aliphatic heterocycles. The van der Waals surface area contributed by atoms with Crippen LogP contribution in [0.2, 0.25) is 0 Å². The third-order valence-corrected chi connectivity index (χ3v) is 4.89. The van der Waals surface area contributed by atoms with Gasteiger partial charge in [-0.1, -0.05) is 0 Å². The summed E-state index contributed by atoms with van der Waals surface area (Å²) in [6.07, 6.45) is 8.04. The zero-order chi connectivity index (χ0) is 16.5. The maximum absolute atomic E-state index is 12.5. The fourth-order valence-electron chi connectivity index (χ4n) is 3.63. The van der Waals surface area contributed by atoms with Gasteiger partial charge in [0.15, 0.2) is 0 Å². The Hall–Kier alpha value is -2.37. The molecule has 2 aliphatic rings. The van der Waals surface area contributed by atoms with Crippen LogP contribution >= 0.6 is 0 Å². The van der Waals surface area contributed by atoms with Crippen LogP contribution in [0.15, 0.2) is 24.5 Å². The molecule has 0 aliphatic carbocycles. The van der Waals surface area contributed by atoms with E-state index >= 15 is 0 Å². The van der Waals surface area contributed by atoms with E-state index in [1.54, 1.807) is 6.20 Å². The van der Waals surface area contributed by atoms with Crippen LogP contribution < -0.4 is 10.2 Å². The molecule has 0 spiro atoms. The van der Waals surface area contributed by atoms with Gasteiger partial charge in [-0.25, -0.2) is 9.97 Å². The molecule has 6 heteroatoms. The third-order valence-electron chi connectivity index (χ3n) is 4.89. The van der Waals surface area contributed by atoms with Gasteiger partial charge in [0.05, 0.1) is 11.3 Å². The van der Waals surface area contributed by atoms with Gasteiger partial charge >= 0.3 is 0 Å². The number of pyridine rings is 1. The first-order valence-electron chi connectivity index (χ1n) is 8.73. The number of nitrogens with zero attached hydrogens (tertiary/aromatic N) is 4. The summed E-state index contributed by atoms with van der Waals surface area (Å²) >= 11 is 0. The topological polar surface area (TPSA) is 63.1 Å². The smallest absolute Gasteiger partial charge is 0.253 e. The summed E-state index contributed by atoms with van der Waals surface area (Å²) < 4.78 is 2.15. The number of aryl methyl sites for hydroxylation is 2. The van der Waals surface area contributed by atoms with Crippen LogP contribution in [-0.2, 0) is 13.0 Å². The zero-order valence-corrected chi connectivity index (χ0v) is 14.0. The van der Waals surface area contributed by atoms with Gasteiger partial charge in [0.2, 0.25) is 0 Å². The molecule has 2 aromatic rings. The molecule has 0 bridgehead atoms. The Labute approximate surface area is 141 Å². The lowest BCUT2D eigenvalue weighted by molar-refractivity contribution is 0.0927. The van der Waals surface area contributed by atoms with Gasteiger partial charge in [0, 0.05) is 44.5 Å². The summed E-state index contributed by atoms with van der Waals surface area (Å²) in [5.74, 6) is 2.05. The minimum Gasteiger partial charge on any atom is -0.357 e. The molecule has 1 saturated heterocycles. The lowest BCUT2D eigenvalue weighted by Crippen LogP contribution is -2.40. The predicted octanol–water partition coefficient (Wildman–Crippen LogP) is 1.93. The molecule has 1 fully saturated rings. The van der Waals surface area contributed by atoms with Crippen LogP contribution in [0.3, 0.4) is 0 Å². The van der Waals surface area contributed by atoms with Crippen LogP contribution in [0.1, 0.15) is 41.1 Å². The van der Waals surface area contributed by atoms with Gasteiger partial charge in [-0.05, 0) is 38.3 Å². The average Bonchev–Trinajstić information content (AvgIpc) is 3.23. The molecule has 0 aromatic carbocycles. The lowest BCUT2D eigenvalue weighted by atomic mass is 10.1. The molecule has 4 heterocycles. The first kappa shape index (κ1) is 15.2. The molecule has 6 nitrogen and oxygen atoms in total. The van der Waals surface area contributed by atoms with Crippen molar-refractivity contribution in [2.45, 2.75) is 45.2 Å². The summed E-state index contributed by atoms with van der Waals surface area (Å²) in [5, 5.41) is 3.13. The van der Waals surface area contributed by atoms with E-state index in [1.165, 1.54) is 12.8 Å². The molecular formula is C18H23N5O. The van der Waals surface area contributed by atoms with E-state index in [-0.39, 0.29) is 11.9 Å². The third kappa shape index (κ3) is 3.00. The van der Waals surface area contributed by atoms with Gasteiger partial charge in [-0.3, -0.25) is 4.79 Å². The highest BCUT2D eigenvalue weighted by Crippen LogP contribution is 2.18. The summed E-state index contributed by atoms with van der Waals surface area (Å²) in [5.41, 5.74) is 1.67. The summed E-state index contributed by atoms with van der Waals surface area (Å²) in [4.78, 5) is 23.7. The molecule has 4 rings (SSSR count). The zero-order valence-electron chi connectivity index (χ0n) is 14.0. The number of hydrogen-bond donors (Lipinski definition) is 1. The highest BCUT2D eigenvalue weighted by atomic mass is 16.1. The van der Waals surface area contributed by atoms with Gasteiger partial charge in [0.25, 0.3) is 5.91 Å². The predicted molar refractivity (Wildman–Crippen MR) is 92.2 cm³/mol. The number of anilines is 1. The first-order valence-corrected chi connectivity index (χ1v) is 8.73. The maximum atomic E-state index is 12.5. The second-order valence-corrected chi connectivity index (χ2v) is 6.76. The Morgan fingerprint density at radius 1 is 1.29 bits per heavy atom. The summed E-state index contributed by atoms with van der Waals surface area (Å²) in [6, 6.07) is 3.99. The lowest BCUT2D eigenvalue weighted by Gasteiger charge is -2.24. The number of carbonyl (C=O) groups excluding carboxylic acids is 1. The molecule has 1 N–H and O–H groups in total. The van der Waals surface area contributed by atoms with Gasteiger partial charge < -0.3 is 14.8 Å². The molecular weight excluding hydrogens is 302 g/mol.